The Balaban J connectivity index is 0.000000399. The van der Waals surface area contributed by atoms with Gasteiger partial charge in [0.2, 0.25) is 71.8 Å². The van der Waals surface area contributed by atoms with Crippen molar-refractivity contribution in [2.24, 2.45) is 0 Å². The first kappa shape index (κ1) is 86.7. The van der Waals surface area contributed by atoms with Crippen LogP contribution in [0.5, 0.6) is 5.75 Å². The van der Waals surface area contributed by atoms with Gasteiger partial charge in [-0.1, -0.05) is 93.8 Å². The predicted octanol–water partition coefficient (Wildman–Crippen LogP) is -5.27. The van der Waals surface area contributed by atoms with Crippen molar-refractivity contribution < 1.29 is 137 Å². The molecule has 11 rings (SSSR count). The van der Waals surface area contributed by atoms with E-state index in [1.807, 2.05) is 125 Å². The minimum atomic E-state index is 0. The average molecular weight is 1720 g/mol. The Kier molecular flexibility index (Phi) is 41.2. The van der Waals surface area contributed by atoms with Gasteiger partial charge in [-0.05, 0) is 75.6 Å². The number of para-hydroxylation sites is 2. The van der Waals surface area contributed by atoms with Crippen molar-refractivity contribution in [1.29, 1.82) is 0 Å². The number of aliphatic hydroxyl groups excluding tert-OH is 1. The van der Waals surface area contributed by atoms with E-state index in [1.54, 1.807) is 63.8 Å². The van der Waals surface area contributed by atoms with Gasteiger partial charge in [0.15, 0.2) is 28.5 Å². The van der Waals surface area contributed by atoms with E-state index in [1.165, 1.54) is 77.8 Å². The molecule has 3 aliphatic rings. The molecular weight excluding hydrogens is 1630 g/mol. The van der Waals surface area contributed by atoms with Gasteiger partial charge in [0, 0.05) is 112 Å². The molecular formula is C65H88Br4ClN9O7S8. The molecule has 1 aromatic carbocycles. The van der Waals surface area contributed by atoms with Crippen LogP contribution in [0.3, 0.4) is 0 Å². The summed E-state index contributed by atoms with van der Waals surface area (Å²) in [6.07, 6.45) is 5.54. The monoisotopic (exact) mass is 1710 g/mol. The van der Waals surface area contributed by atoms with Gasteiger partial charge < -0.3 is 110 Å². The summed E-state index contributed by atoms with van der Waals surface area (Å²) in [5, 5.41) is 12.8. The molecule has 7 aromatic heterocycles. The fraction of sp³-hybridized carbons (Fsp3) is 0.477. The Morgan fingerprint density at radius 2 is 0.819 bits per heavy atom. The van der Waals surface area contributed by atoms with Crippen molar-refractivity contribution in [2.75, 3.05) is 82.5 Å². The Morgan fingerprint density at radius 1 is 0.447 bits per heavy atom. The van der Waals surface area contributed by atoms with Crippen LogP contribution in [0.4, 0.5) is 5.69 Å². The number of aromatic nitrogens is 5. The number of thioether (sulfide) groups is 1. The van der Waals surface area contributed by atoms with Crippen molar-refractivity contribution in [1.82, 2.24) is 14.7 Å². The van der Waals surface area contributed by atoms with E-state index in [0.29, 0.717) is 39.1 Å². The van der Waals surface area contributed by atoms with Crippen LogP contribution in [0, 0.1) is 62.3 Å². The first-order valence-corrected chi connectivity index (χ1v) is 37.4. The maximum Gasteiger partial charge on any atom is 0.288 e. The number of carbonyl (C=O) groups excluding carboxylic acids is 5. The standard InChI is InChI=1S/C18H24N3O2S.C13H21N2OS.C12H14NO2S2.C11H17N2OS2.C11H12NOS2.4BrH.ClH/c1-14-15(2)24-13-21(14)12-18(22)20-10-8-19(9-11-20)16-6-4-5-7-17(16)23-3;1-11-12(2)17-10-15(11)9-13(16)14-7-5-3-4-6-8-14;1-9-11(4-5-14)17-8-13(9)7-10(15)12-3-2-6-16-12;1-9-10(2)16-8-13(9)7-11(14)12-3-5-15-6-4-12;1-8-9(2)15-7-12(8)6-10(13)11-4-3-5-14-11;;;;;/h4-7,13H,8-12H2,1-3H3;10H,3-9H2,1-2H3;2-3,6,8,14H,4-5,7H2,1H3;8H,3-7H2,1-2H3;3-5,7H,6H2,1-2H3;5*1H/q5*+1;;;;;/p-5. The number of thiazole rings is 5. The lowest BCUT2D eigenvalue weighted by Crippen LogP contribution is -3.00. The highest BCUT2D eigenvalue weighted by molar-refractivity contribution is 7.99. The Morgan fingerprint density at radius 3 is 1.19 bits per heavy atom. The zero-order valence-corrected chi connectivity index (χ0v) is 68.7. The van der Waals surface area contributed by atoms with E-state index in [4.69, 9.17) is 9.84 Å². The molecule has 0 spiro atoms. The zero-order valence-electron chi connectivity index (χ0n) is 55.1. The third-order valence-corrected chi connectivity index (χ3v) is 24.1. The molecule has 94 heavy (non-hydrogen) atoms. The molecule has 10 heterocycles. The quantitative estimate of drug-likeness (QED) is 0.0742. The summed E-state index contributed by atoms with van der Waals surface area (Å²) >= 11 is 13.3. The van der Waals surface area contributed by atoms with Crippen LogP contribution in [0.15, 0.2) is 86.8 Å². The second kappa shape index (κ2) is 44.6. The molecule has 0 radical (unpaired) electrons. The third-order valence-electron chi connectivity index (χ3n) is 16.2. The number of methoxy groups -OCH3 is 1. The number of piperazine rings is 1. The number of halogens is 5. The van der Waals surface area contributed by atoms with E-state index < -0.39 is 0 Å². The maximum absolute atomic E-state index is 12.6. The molecule has 3 amide bonds. The first-order valence-electron chi connectivity index (χ1n) is 30.1. The highest BCUT2D eigenvalue weighted by Gasteiger charge is 2.28. The van der Waals surface area contributed by atoms with Crippen LogP contribution >= 0.6 is 91.1 Å². The fourth-order valence-electron chi connectivity index (χ4n) is 9.91. The smallest absolute Gasteiger partial charge is 0.288 e. The van der Waals surface area contributed by atoms with E-state index >= 15 is 0 Å². The predicted molar refractivity (Wildman–Crippen MR) is 364 cm³/mol. The Labute approximate surface area is 636 Å². The second-order valence-corrected chi connectivity index (χ2v) is 30.2. The lowest BCUT2D eigenvalue weighted by molar-refractivity contribution is -0.686. The molecule has 518 valence electrons. The second-order valence-electron chi connectivity index (χ2n) is 21.9. The number of likely N-dealkylation sites (tertiary alicyclic amines) is 1. The van der Waals surface area contributed by atoms with Crippen LogP contribution in [0.2, 0.25) is 0 Å². The van der Waals surface area contributed by atoms with Crippen molar-refractivity contribution >= 4 is 126 Å². The molecule has 0 unspecified atom stereocenters. The zero-order chi connectivity index (χ0) is 64.0. The lowest BCUT2D eigenvalue weighted by Gasteiger charge is -2.36. The number of ether oxygens (including phenoxy) is 1. The number of benzene rings is 1. The number of anilines is 1. The van der Waals surface area contributed by atoms with E-state index in [9.17, 15) is 24.0 Å². The van der Waals surface area contributed by atoms with Gasteiger partial charge in [0.25, 0.3) is 17.7 Å². The fourth-order valence-corrected chi connectivity index (χ4v) is 16.3. The lowest BCUT2D eigenvalue weighted by atomic mass is 10.2. The van der Waals surface area contributed by atoms with E-state index in [0.717, 1.165) is 108 Å². The maximum atomic E-state index is 12.6. The topological polar surface area (TPSA) is 147 Å². The minimum Gasteiger partial charge on any atom is -1.00 e. The largest absolute Gasteiger partial charge is 1.00 e. The molecule has 0 bridgehead atoms. The summed E-state index contributed by atoms with van der Waals surface area (Å²) in [6, 6.07) is 15.6. The van der Waals surface area contributed by atoms with Crippen LogP contribution in [-0.4, -0.2) is 127 Å². The van der Waals surface area contributed by atoms with Gasteiger partial charge in [-0.25, -0.2) is 0 Å². The highest BCUT2D eigenvalue weighted by atomic mass is 79.9. The number of amides is 3. The van der Waals surface area contributed by atoms with Crippen molar-refractivity contribution in [3.63, 3.8) is 0 Å². The Hall–Kier alpha value is -3.36. The number of aryl methyl sites for hydroxylation is 4. The van der Waals surface area contributed by atoms with E-state index in [2.05, 4.69) is 78.6 Å². The van der Waals surface area contributed by atoms with Crippen LogP contribution in [-0.2, 0) is 53.5 Å². The number of carbonyl (C=O) groups is 5. The highest BCUT2D eigenvalue weighted by Crippen LogP contribution is 2.28. The number of hydrogen-bond donors (Lipinski definition) is 1. The SMILES string of the molecule is COc1ccccc1N1CCN(C(=O)C[n+]2csc(C)c2C)CC1.Cc1c(CCO)sc[n+]1CC(=O)c1cccs1.Cc1sc[n+](CC(=O)N2CCCCCC2)c1C.Cc1sc[n+](CC(=O)N2CCSCC2)c1C.Cc1sc[n+](CC(=O)c2cccs2)c1C.[Br-].[Br-].[Br-].[Br-].[Cl-]. The number of rotatable bonds is 16. The van der Waals surface area contributed by atoms with Gasteiger partial charge in [-0.3, -0.25) is 24.0 Å². The van der Waals surface area contributed by atoms with Gasteiger partial charge in [-0.15, -0.1) is 22.7 Å². The Bertz CT molecular complexity index is 3560. The number of thiophene rings is 2. The molecule has 3 saturated heterocycles. The summed E-state index contributed by atoms with van der Waals surface area (Å²) < 4.78 is 15.6. The van der Waals surface area contributed by atoms with Crippen LogP contribution < -0.4 is 113 Å². The van der Waals surface area contributed by atoms with Gasteiger partial charge in [-0.2, -0.15) is 34.6 Å². The number of Topliss-reactive ketones (excluding diaryl/α,β-unsaturated/α-hetero) is 2. The first-order chi connectivity index (χ1) is 42.9. The molecule has 3 fully saturated rings. The summed E-state index contributed by atoms with van der Waals surface area (Å²) in [5.74, 6) is 4.11. The van der Waals surface area contributed by atoms with Crippen LogP contribution in [0.1, 0.15) is 97.9 Å². The normalized spacial score (nSPS) is 13.3. The van der Waals surface area contributed by atoms with Crippen molar-refractivity contribution in [2.45, 2.75) is 127 Å². The van der Waals surface area contributed by atoms with Crippen molar-refractivity contribution in [3.8, 4) is 5.75 Å². The molecule has 29 heteroatoms. The minimum absolute atomic E-state index is 0. The van der Waals surface area contributed by atoms with Gasteiger partial charge >= 0.3 is 0 Å². The number of ketones is 2. The number of hydrogen-bond acceptors (Lipinski definition) is 16. The summed E-state index contributed by atoms with van der Waals surface area (Å²) in [5.41, 5.74) is 17.1. The third kappa shape index (κ3) is 25.7. The number of nitrogens with zero attached hydrogens (tertiary/aromatic N) is 9. The van der Waals surface area contributed by atoms with E-state index in [-0.39, 0.29) is 116 Å². The average Bonchev–Trinajstić information content (AvgIpc) is 1.10. The van der Waals surface area contributed by atoms with Crippen molar-refractivity contribution in [3.05, 3.63) is 149 Å². The molecule has 3 aliphatic heterocycles. The number of aliphatic hydroxyl groups is 1. The summed E-state index contributed by atoms with van der Waals surface area (Å²) in [7, 11) is 1.70. The molecule has 8 aromatic rings. The summed E-state index contributed by atoms with van der Waals surface area (Å²) in [6.45, 7) is 27.9. The molecule has 1 N–H and O–H groups in total. The molecule has 16 nitrogen and oxygen atoms in total. The molecule has 0 aliphatic carbocycles. The summed E-state index contributed by atoms with van der Waals surface area (Å²) in [4.78, 5) is 76.7. The molecule has 0 saturated carbocycles. The molecule has 0 atom stereocenters. The van der Waals surface area contributed by atoms with Crippen LogP contribution in [0.25, 0.3) is 0 Å². The van der Waals surface area contributed by atoms with Gasteiger partial charge in [0.1, 0.15) is 5.75 Å². The van der Waals surface area contributed by atoms with Gasteiger partial charge in [0.05, 0.1) is 46.9 Å².